The maximum Gasteiger partial charge on any atom is 0.126 e. The van der Waals surface area contributed by atoms with E-state index in [4.69, 9.17) is 0 Å². The summed E-state index contributed by atoms with van der Waals surface area (Å²) in [6.07, 6.45) is 3.10. The minimum absolute atomic E-state index is 0.104. The van der Waals surface area contributed by atoms with Gasteiger partial charge in [0.25, 0.3) is 0 Å². The highest BCUT2D eigenvalue weighted by molar-refractivity contribution is 5.31. The quantitative estimate of drug-likeness (QED) is 0.912. The summed E-state index contributed by atoms with van der Waals surface area (Å²) in [5.41, 5.74) is 3.12. The van der Waals surface area contributed by atoms with E-state index < -0.39 is 0 Å². The van der Waals surface area contributed by atoms with E-state index in [1.54, 1.807) is 12.1 Å². The minimum Gasteiger partial charge on any atom is -0.316 e. The van der Waals surface area contributed by atoms with Gasteiger partial charge in [-0.1, -0.05) is 18.2 Å². The molecule has 0 radical (unpaired) electrons. The first-order valence-corrected chi connectivity index (χ1v) is 7.12. The highest BCUT2D eigenvalue weighted by Crippen LogP contribution is 2.39. The first kappa shape index (κ1) is 13.3. The van der Waals surface area contributed by atoms with Crippen molar-refractivity contribution in [3.63, 3.8) is 0 Å². The molecule has 1 fully saturated rings. The van der Waals surface area contributed by atoms with Crippen LogP contribution in [0.3, 0.4) is 0 Å². The second-order valence-electron chi connectivity index (χ2n) is 5.57. The van der Waals surface area contributed by atoms with E-state index in [1.165, 1.54) is 5.56 Å². The molecule has 0 amide bonds. The largest absolute Gasteiger partial charge is 0.316 e. The van der Waals surface area contributed by atoms with Gasteiger partial charge in [0.15, 0.2) is 0 Å². The van der Waals surface area contributed by atoms with Crippen LogP contribution in [0, 0.1) is 12.7 Å². The Balaban J connectivity index is 2.00. The maximum atomic E-state index is 14.1. The second-order valence-corrected chi connectivity index (χ2v) is 5.57. The van der Waals surface area contributed by atoms with E-state index in [0.29, 0.717) is 5.92 Å². The lowest BCUT2D eigenvalue weighted by molar-refractivity contribution is 0.392. The smallest absolute Gasteiger partial charge is 0.126 e. The molecule has 2 heterocycles. The fraction of sp³-hybridized carbons (Fsp3) is 0.438. The first-order valence-electron chi connectivity index (χ1n) is 7.12. The van der Waals surface area contributed by atoms with Crippen LogP contribution in [0.2, 0.25) is 0 Å². The Morgan fingerprint density at radius 3 is 2.75 bits per heavy atom. The Hall–Kier alpha value is -1.68. The highest BCUT2D eigenvalue weighted by Gasteiger charge is 2.31. The Kier molecular flexibility index (Phi) is 3.57. The number of aryl methyl sites for hydroxylation is 2. The molecule has 1 aromatic carbocycles. The van der Waals surface area contributed by atoms with E-state index in [2.05, 4.69) is 16.6 Å². The van der Waals surface area contributed by atoms with Crippen LogP contribution in [-0.2, 0) is 7.05 Å². The monoisotopic (exact) mass is 273 g/mol. The van der Waals surface area contributed by atoms with Gasteiger partial charge in [0.05, 0.1) is 5.69 Å². The van der Waals surface area contributed by atoms with Crippen LogP contribution in [0.4, 0.5) is 4.39 Å². The van der Waals surface area contributed by atoms with E-state index in [1.807, 2.05) is 30.8 Å². The van der Waals surface area contributed by atoms with E-state index >= 15 is 0 Å². The molecule has 2 unspecified atom stereocenters. The molecule has 20 heavy (non-hydrogen) atoms. The van der Waals surface area contributed by atoms with Crippen LogP contribution >= 0.6 is 0 Å². The Bertz CT molecular complexity index is 606. The summed E-state index contributed by atoms with van der Waals surface area (Å²) in [5, 5.41) is 7.83. The third-order valence-electron chi connectivity index (χ3n) is 4.24. The molecule has 2 atom stereocenters. The molecule has 0 aliphatic carbocycles. The summed E-state index contributed by atoms with van der Waals surface area (Å²) in [6, 6.07) is 7.13. The summed E-state index contributed by atoms with van der Waals surface area (Å²) < 4.78 is 16.0. The zero-order valence-corrected chi connectivity index (χ0v) is 11.9. The van der Waals surface area contributed by atoms with E-state index in [-0.39, 0.29) is 11.7 Å². The number of benzene rings is 1. The van der Waals surface area contributed by atoms with Gasteiger partial charge in [0, 0.05) is 25.7 Å². The molecule has 3 rings (SSSR count). The van der Waals surface area contributed by atoms with Crippen molar-refractivity contribution in [1.82, 2.24) is 15.1 Å². The SMILES string of the molecule is Cc1nn(C)cc1C1CCNCC1c1ccccc1F. The van der Waals surface area contributed by atoms with Crippen molar-refractivity contribution in [2.75, 3.05) is 13.1 Å². The minimum atomic E-state index is -0.104. The van der Waals surface area contributed by atoms with Crippen LogP contribution in [0.5, 0.6) is 0 Å². The second kappa shape index (κ2) is 5.37. The summed E-state index contributed by atoms with van der Waals surface area (Å²) in [7, 11) is 1.94. The molecule has 106 valence electrons. The lowest BCUT2D eigenvalue weighted by Gasteiger charge is -2.32. The zero-order valence-electron chi connectivity index (χ0n) is 11.9. The van der Waals surface area contributed by atoms with Gasteiger partial charge < -0.3 is 5.32 Å². The number of piperidine rings is 1. The van der Waals surface area contributed by atoms with Crippen molar-refractivity contribution < 1.29 is 4.39 Å². The molecule has 0 saturated carbocycles. The maximum absolute atomic E-state index is 14.1. The van der Waals surface area contributed by atoms with Gasteiger partial charge in [-0.2, -0.15) is 5.10 Å². The van der Waals surface area contributed by atoms with Crippen LogP contribution in [0.15, 0.2) is 30.5 Å². The van der Waals surface area contributed by atoms with Crippen LogP contribution in [0.1, 0.15) is 35.1 Å². The fourth-order valence-electron chi connectivity index (χ4n) is 3.32. The number of rotatable bonds is 2. The van der Waals surface area contributed by atoms with Gasteiger partial charge in [-0.25, -0.2) is 4.39 Å². The molecule has 1 N–H and O–H groups in total. The first-order chi connectivity index (χ1) is 9.66. The number of hydrogen-bond acceptors (Lipinski definition) is 2. The Morgan fingerprint density at radius 1 is 1.25 bits per heavy atom. The number of nitrogens with one attached hydrogen (secondary N) is 1. The van der Waals surface area contributed by atoms with Gasteiger partial charge >= 0.3 is 0 Å². The third-order valence-corrected chi connectivity index (χ3v) is 4.24. The van der Waals surface area contributed by atoms with Crippen molar-refractivity contribution >= 4 is 0 Å². The fourth-order valence-corrected chi connectivity index (χ4v) is 3.32. The standard InChI is InChI=1S/C16H20FN3/c1-11-15(10-20(2)19-11)12-7-8-18-9-14(12)13-5-3-4-6-16(13)17/h3-6,10,12,14,18H,7-9H2,1-2H3. The number of halogens is 1. The van der Waals surface area contributed by atoms with Crippen molar-refractivity contribution in [2.24, 2.45) is 7.05 Å². The van der Waals surface area contributed by atoms with Gasteiger partial charge in [-0.15, -0.1) is 0 Å². The summed E-state index contributed by atoms with van der Waals surface area (Å²) in [5.74, 6) is 0.405. The van der Waals surface area contributed by atoms with Crippen molar-refractivity contribution in [3.05, 3.63) is 53.1 Å². The third kappa shape index (κ3) is 2.36. The van der Waals surface area contributed by atoms with Crippen molar-refractivity contribution in [1.29, 1.82) is 0 Å². The molecule has 4 heteroatoms. The molecule has 0 bridgehead atoms. The summed E-state index contributed by atoms with van der Waals surface area (Å²) in [6.45, 7) is 3.83. The molecule has 0 spiro atoms. The highest BCUT2D eigenvalue weighted by atomic mass is 19.1. The molecular formula is C16H20FN3. The van der Waals surface area contributed by atoms with Gasteiger partial charge in [0.2, 0.25) is 0 Å². The molecule has 3 nitrogen and oxygen atoms in total. The molecule has 1 aliphatic rings. The van der Waals surface area contributed by atoms with Gasteiger partial charge in [-0.3, -0.25) is 4.68 Å². The lowest BCUT2D eigenvalue weighted by Crippen LogP contribution is -2.34. The predicted molar refractivity (Wildman–Crippen MR) is 77.3 cm³/mol. The molecule has 1 saturated heterocycles. The normalized spacial score (nSPS) is 22.9. The van der Waals surface area contributed by atoms with Crippen LogP contribution in [-0.4, -0.2) is 22.9 Å². The average molecular weight is 273 g/mol. The van der Waals surface area contributed by atoms with Gasteiger partial charge in [0.1, 0.15) is 5.82 Å². The van der Waals surface area contributed by atoms with Gasteiger partial charge in [-0.05, 0) is 43.0 Å². The van der Waals surface area contributed by atoms with Crippen LogP contribution in [0.25, 0.3) is 0 Å². The average Bonchev–Trinajstić information content (AvgIpc) is 2.78. The van der Waals surface area contributed by atoms with E-state index in [0.717, 1.165) is 30.8 Å². The topological polar surface area (TPSA) is 29.9 Å². The Morgan fingerprint density at radius 2 is 2.05 bits per heavy atom. The number of hydrogen-bond donors (Lipinski definition) is 1. The van der Waals surface area contributed by atoms with Crippen molar-refractivity contribution in [3.8, 4) is 0 Å². The Labute approximate surface area is 118 Å². The molecule has 2 aromatic rings. The number of nitrogens with zero attached hydrogens (tertiary/aromatic N) is 2. The number of aromatic nitrogens is 2. The van der Waals surface area contributed by atoms with E-state index in [9.17, 15) is 4.39 Å². The van der Waals surface area contributed by atoms with Crippen molar-refractivity contribution in [2.45, 2.75) is 25.2 Å². The lowest BCUT2D eigenvalue weighted by atomic mass is 9.77. The predicted octanol–water partition coefficient (Wildman–Crippen LogP) is 2.73. The summed E-state index contributed by atoms with van der Waals surface area (Å²) >= 11 is 0. The zero-order chi connectivity index (χ0) is 14.1. The van der Waals surface area contributed by atoms with Crippen LogP contribution < -0.4 is 5.32 Å². The molecular weight excluding hydrogens is 253 g/mol. The summed E-state index contributed by atoms with van der Waals surface area (Å²) in [4.78, 5) is 0. The molecule has 1 aliphatic heterocycles. The molecule has 1 aromatic heterocycles.